The van der Waals surface area contributed by atoms with Crippen LogP contribution in [-0.2, 0) is 9.53 Å². The lowest BCUT2D eigenvalue weighted by molar-refractivity contribution is -0.142. The Labute approximate surface area is 142 Å². The molecule has 1 aromatic carbocycles. The topological polar surface area (TPSA) is 83.0 Å². The summed E-state index contributed by atoms with van der Waals surface area (Å²) in [7, 11) is 0. The van der Waals surface area contributed by atoms with Gasteiger partial charge in [0.25, 0.3) is 0 Å². The zero-order valence-corrected chi connectivity index (χ0v) is 14.0. The van der Waals surface area contributed by atoms with Gasteiger partial charge in [-0.2, -0.15) is 4.99 Å². The second-order valence-electron chi connectivity index (χ2n) is 5.33. The molecule has 1 aromatic rings. The summed E-state index contributed by atoms with van der Waals surface area (Å²) in [5.74, 6) is 0.331. The summed E-state index contributed by atoms with van der Waals surface area (Å²) >= 11 is 0. The number of rotatable bonds is 5. The van der Waals surface area contributed by atoms with Gasteiger partial charge in [0.1, 0.15) is 5.84 Å². The molecule has 1 aliphatic heterocycles. The zero-order valence-electron chi connectivity index (χ0n) is 14.0. The highest BCUT2D eigenvalue weighted by Gasteiger charge is 2.17. The molecule has 0 aliphatic carbocycles. The summed E-state index contributed by atoms with van der Waals surface area (Å²) in [6.45, 7) is 5.61. The van der Waals surface area contributed by atoms with E-state index >= 15 is 0 Å². The summed E-state index contributed by atoms with van der Waals surface area (Å²) in [6.07, 6.45) is 0.142. The lowest BCUT2D eigenvalue weighted by atomic mass is 10.2. The van der Waals surface area contributed by atoms with E-state index < -0.39 is 6.03 Å². The van der Waals surface area contributed by atoms with Crippen molar-refractivity contribution in [2.45, 2.75) is 13.3 Å². The van der Waals surface area contributed by atoms with Gasteiger partial charge in [0.05, 0.1) is 13.0 Å². The molecule has 7 nitrogen and oxygen atoms in total. The first-order chi connectivity index (χ1) is 11.7. The molecule has 2 rings (SSSR count). The molecule has 0 saturated carbocycles. The minimum atomic E-state index is -0.448. The van der Waals surface area contributed by atoms with Crippen molar-refractivity contribution in [3.05, 3.63) is 35.9 Å². The van der Waals surface area contributed by atoms with Crippen LogP contribution in [0, 0.1) is 0 Å². The fraction of sp³-hybridized carbons (Fsp3) is 0.471. The van der Waals surface area contributed by atoms with Crippen molar-refractivity contribution < 1.29 is 14.3 Å². The van der Waals surface area contributed by atoms with Crippen LogP contribution >= 0.6 is 0 Å². The van der Waals surface area contributed by atoms with Gasteiger partial charge in [-0.05, 0) is 6.92 Å². The fourth-order valence-corrected chi connectivity index (χ4v) is 2.42. The summed E-state index contributed by atoms with van der Waals surface area (Å²) in [5.41, 5.74) is 0.903. The number of esters is 1. The Hall–Kier alpha value is -2.41. The molecule has 7 heteroatoms. The summed E-state index contributed by atoms with van der Waals surface area (Å²) in [4.78, 5) is 29.7. The molecule has 2 N–H and O–H groups in total. The van der Waals surface area contributed by atoms with Crippen LogP contribution in [0.4, 0.5) is 4.79 Å². The number of hydrogen-bond donors (Lipinski definition) is 2. The smallest absolute Gasteiger partial charge is 0.342 e. The van der Waals surface area contributed by atoms with E-state index in [0.29, 0.717) is 12.4 Å². The van der Waals surface area contributed by atoms with Crippen LogP contribution in [0.15, 0.2) is 35.3 Å². The number of piperazine rings is 1. The summed E-state index contributed by atoms with van der Waals surface area (Å²) in [5, 5.41) is 5.93. The summed E-state index contributed by atoms with van der Waals surface area (Å²) < 4.78 is 4.83. The lowest BCUT2D eigenvalue weighted by Crippen LogP contribution is -2.47. The van der Waals surface area contributed by atoms with Gasteiger partial charge in [-0.25, -0.2) is 4.79 Å². The van der Waals surface area contributed by atoms with Crippen molar-refractivity contribution in [3.8, 4) is 0 Å². The molecule has 0 spiro atoms. The molecule has 0 bridgehead atoms. The number of amides is 2. The van der Waals surface area contributed by atoms with E-state index in [9.17, 15) is 9.59 Å². The highest BCUT2D eigenvalue weighted by molar-refractivity contribution is 6.04. The molecule has 1 fully saturated rings. The molecule has 2 amide bonds. The maximum atomic E-state index is 12.1. The second-order valence-corrected chi connectivity index (χ2v) is 5.33. The van der Waals surface area contributed by atoms with Crippen LogP contribution in [0.1, 0.15) is 18.9 Å². The van der Waals surface area contributed by atoms with Crippen molar-refractivity contribution in [2.75, 3.05) is 39.3 Å². The van der Waals surface area contributed by atoms with Crippen LogP contribution in [0.3, 0.4) is 0 Å². The van der Waals surface area contributed by atoms with Gasteiger partial charge < -0.3 is 20.3 Å². The SMILES string of the molecule is CCOC(=O)CCNC(=O)/N=C(\c1ccccc1)N1CCNCC1. The molecule has 1 heterocycles. The number of aliphatic imine (C=N–C) groups is 1. The molecular weight excluding hydrogens is 308 g/mol. The third-order valence-corrected chi connectivity index (χ3v) is 3.57. The minimum Gasteiger partial charge on any atom is -0.466 e. The highest BCUT2D eigenvalue weighted by Crippen LogP contribution is 2.07. The number of urea groups is 1. The van der Waals surface area contributed by atoms with Gasteiger partial charge in [0, 0.05) is 38.3 Å². The average Bonchev–Trinajstić information content (AvgIpc) is 2.61. The first-order valence-corrected chi connectivity index (χ1v) is 8.24. The van der Waals surface area contributed by atoms with Crippen LogP contribution in [-0.4, -0.2) is 62.1 Å². The monoisotopic (exact) mass is 332 g/mol. The maximum absolute atomic E-state index is 12.1. The molecular formula is C17H24N4O3. The third-order valence-electron chi connectivity index (χ3n) is 3.57. The Morgan fingerprint density at radius 2 is 1.96 bits per heavy atom. The van der Waals surface area contributed by atoms with E-state index in [0.717, 1.165) is 31.7 Å². The number of benzene rings is 1. The van der Waals surface area contributed by atoms with Gasteiger partial charge in [-0.15, -0.1) is 0 Å². The lowest BCUT2D eigenvalue weighted by Gasteiger charge is -2.30. The molecule has 1 saturated heterocycles. The van der Waals surface area contributed by atoms with E-state index in [1.165, 1.54) is 0 Å². The van der Waals surface area contributed by atoms with Crippen molar-refractivity contribution in [2.24, 2.45) is 4.99 Å². The first-order valence-electron chi connectivity index (χ1n) is 8.24. The fourth-order valence-electron chi connectivity index (χ4n) is 2.42. The number of carbonyl (C=O) groups is 2. The number of ether oxygens (including phenoxy) is 1. The molecule has 0 radical (unpaired) electrons. The third kappa shape index (κ3) is 5.66. The van der Waals surface area contributed by atoms with Crippen molar-refractivity contribution in [3.63, 3.8) is 0 Å². The maximum Gasteiger partial charge on any atom is 0.342 e. The van der Waals surface area contributed by atoms with E-state index in [1.807, 2.05) is 30.3 Å². The van der Waals surface area contributed by atoms with E-state index in [2.05, 4.69) is 20.5 Å². The number of nitrogens with one attached hydrogen (secondary N) is 2. The van der Waals surface area contributed by atoms with Crippen molar-refractivity contribution >= 4 is 17.8 Å². The van der Waals surface area contributed by atoms with Crippen LogP contribution < -0.4 is 10.6 Å². The normalized spacial score (nSPS) is 15.0. The van der Waals surface area contributed by atoms with E-state index in [-0.39, 0.29) is 18.9 Å². The van der Waals surface area contributed by atoms with E-state index in [1.54, 1.807) is 6.92 Å². The van der Waals surface area contributed by atoms with Gasteiger partial charge in [0.2, 0.25) is 0 Å². The Kier molecular flexibility index (Phi) is 7.22. The van der Waals surface area contributed by atoms with Gasteiger partial charge in [-0.1, -0.05) is 30.3 Å². The predicted octanol–water partition coefficient (Wildman–Crippen LogP) is 1.00. The van der Waals surface area contributed by atoms with Crippen LogP contribution in [0.25, 0.3) is 0 Å². The van der Waals surface area contributed by atoms with Crippen molar-refractivity contribution in [1.29, 1.82) is 0 Å². The first kappa shape index (κ1) is 17.9. The van der Waals surface area contributed by atoms with E-state index in [4.69, 9.17) is 4.74 Å². The minimum absolute atomic E-state index is 0.142. The molecule has 0 unspecified atom stereocenters. The Morgan fingerprint density at radius 3 is 2.62 bits per heavy atom. The molecule has 24 heavy (non-hydrogen) atoms. The van der Waals surface area contributed by atoms with Gasteiger partial charge >= 0.3 is 12.0 Å². The Morgan fingerprint density at radius 1 is 1.25 bits per heavy atom. The van der Waals surface area contributed by atoms with Gasteiger partial charge in [0.15, 0.2) is 0 Å². The van der Waals surface area contributed by atoms with Gasteiger partial charge in [-0.3, -0.25) is 4.79 Å². The number of amidine groups is 1. The summed E-state index contributed by atoms with van der Waals surface area (Å²) in [6, 6.07) is 9.20. The zero-order chi connectivity index (χ0) is 17.2. The number of hydrogen-bond acceptors (Lipinski definition) is 4. The number of carbonyl (C=O) groups excluding carboxylic acids is 2. The highest BCUT2D eigenvalue weighted by atomic mass is 16.5. The molecule has 0 atom stereocenters. The molecule has 130 valence electrons. The largest absolute Gasteiger partial charge is 0.466 e. The number of nitrogens with zero attached hydrogens (tertiary/aromatic N) is 2. The predicted molar refractivity (Wildman–Crippen MR) is 92.1 cm³/mol. The standard InChI is InChI=1S/C17H24N4O3/c1-2-24-15(22)8-9-19-17(23)20-16(14-6-4-3-5-7-14)21-12-10-18-11-13-21/h3-7,18H,2,8-13H2,1H3,(H,19,23)/b20-16+. The average molecular weight is 332 g/mol. The molecule has 1 aliphatic rings. The molecule has 0 aromatic heterocycles. The van der Waals surface area contributed by atoms with Crippen LogP contribution in [0.5, 0.6) is 0 Å². The Balaban J connectivity index is 2.01. The second kappa shape index (κ2) is 9.67. The Bertz CT molecular complexity index is 568. The quantitative estimate of drug-likeness (QED) is 0.477. The van der Waals surface area contributed by atoms with Crippen molar-refractivity contribution in [1.82, 2.24) is 15.5 Å². The van der Waals surface area contributed by atoms with Crippen LogP contribution in [0.2, 0.25) is 0 Å².